The molecule has 1 N–H and O–H groups in total. The molecule has 2 aliphatic rings. The fourth-order valence-corrected chi connectivity index (χ4v) is 3.30. The number of nitrogens with zero attached hydrogens (tertiary/aromatic N) is 2. The summed E-state index contributed by atoms with van der Waals surface area (Å²) in [7, 11) is 0. The van der Waals surface area contributed by atoms with Gasteiger partial charge in [0.25, 0.3) is 0 Å². The molecular formula is C17H25N3O. The SMILES string of the molecule is O=C(NC(CN1CCCC1)c1ccccc1)N1CCCC1. The molecule has 2 heterocycles. The van der Waals surface area contributed by atoms with E-state index in [0.29, 0.717) is 0 Å². The molecule has 2 fully saturated rings. The van der Waals surface area contributed by atoms with Crippen molar-refractivity contribution in [2.24, 2.45) is 0 Å². The number of likely N-dealkylation sites (tertiary alicyclic amines) is 2. The summed E-state index contributed by atoms with van der Waals surface area (Å²) >= 11 is 0. The fourth-order valence-electron chi connectivity index (χ4n) is 3.30. The van der Waals surface area contributed by atoms with Crippen molar-refractivity contribution < 1.29 is 4.79 Å². The Balaban J connectivity index is 1.67. The van der Waals surface area contributed by atoms with Gasteiger partial charge in [-0.2, -0.15) is 0 Å². The number of hydrogen-bond acceptors (Lipinski definition) is 2. The molecule has 3 rings (SSSR count). The second-order valence-corrected chi connectivity index (χ2v) is 6.11. The number of benzene rings is 1. The summed E-state index contributed by atoms with van der Waals surface area (Å²) in [5.41, 5.74) is 1.21. The van der Waals surface area contributed by atoms with E-state index in [4.69, 9.17) is 0 Å². The highest BCUT2D eigenvalue weighted by molar-refractivity contribution is 5.75. The molecule has 1 aromatic carbocycles. The van der Waals surface area contributed by atoms with E-state index in [1.165, 1.54) is 18.4 Å². The van der Waals surface area contributed by atoms with E-state index in [-0.39, 0.29) is 12.1 Å². The molecule has 4 heteroatoms. The Hall–Kier alpha value is -1.55. The van der Waals surface area contributed by atoms with Crippen molar-refractivity contribution in [3.8, 4) is 0 Å². The average Bonchev–Trinajstić information content (AvgIpc) is 3.21. The van der Waals surface area contributed by atoms with E-state index < -0.39 is 0 Å². The Morgan fingerprint density at radius 1 is 1.00 bits per heavy atom. The Morgan fingerprint density at radius 3 is 2.29 bits per heavy atom. The Labute approximate surface area is 127 Å². The zero-order chi connectivity index (χ0) is 14.5. The summed E-state index contributed by atoms with van der Waals surface area (Å²) in [6, 6.07) is 10.6. The zero-order valence-electron chi connectivity index (χ0n) is 12.6. The molecule has 2 aliphatic heterocycles. The third kappa shape index (κ3) is 3.76. The highest BCUT2D eigenvalue weighted by atomic mass is 16.2. The van der Waals surface area contributed by atoms with Crippen LogP contribution in [0.4, 0.5) is 4.79 Å². The van der Waals surface area contributed by atoms with Crippen LogP contribution >= 0.6 is 0 Å². The van der Waals surface area contributed by atoms with E-state index in [2.05, 4.69) is 22.3 Å². The van der Waals surface area contributed by atoms with E-state index in [1.54, 1.807) is 0 Å². The predicted molar refractivity (Wildman–Crippen MR) is 84.2 cm³/mol. The molecule has 1 aromatic rings. The topological polar surface area (TPSA) is 35.6 Å². The quantitative estimate of drug-likeness (QED) is 0.924. The maximum absolute atomic E-state index is 12.4. The molecule has 0 bridgehead atoms. The number of rotatable bonds is 4. The number of urea groups is 1. The summed E-state index contributed by atoms with van der Waals surface area (Å²) in [6.45, 7) is 5.03. The van der Waals surface area contributed by atoms with Crippen molar-refractivity contribution in [3.05, 3.63) is 35.9 Å². The van der Waals surface area contributed by atoms with Crippen molar-refractivity contribution in [2.75, 3.05) is 32.7 Å². The number of nitrogens with one attached hydrogen (secondary N) is 1. The van der Waals surface area contributed by atoms with Crippen LogP contribution in [0.3, 0.4) is 0 Å². The lowest BCUT2D eigenvalue weighted by Crippen LogP contribution is -2.43. The van der Waals surface area contributed by atoms with Crippen molar-refractivity contribution >= 4 is 6.03 Å². The molecule has 0 radical (unpaired) electrons. The standard InChI is InChI=1S/C17H25N3O/c21-17(20-12-6-7-13-20)18-16(14-19-10-4-5-11-19)15-8-2-1-3-9-15/h1-3,8-9,16H,4-7,10-14H2,(H,18,21). The van der Waals surface area contributed by atoms with Crippen molar-refractivity contribution in [3.63, 3.8) is 0 Å². The van der Waals surface area contributed by atoms with Gasteiger partial charge in [0, 0.05) is 19.6 Å². The first-order valence-corrected chi connectivity index (χ1v) is 8.16. The van der Waals surface area contributed by atoms with Crippen LogP contribution in [0.25, 0.3) is 0 Å². The highest BCUT2D eigenvalue weighted by Crippen LogP contribution is 2.18. The molecule has 0 saturated carbocycles. The average molecular weight is 287 g/mol. The summed E-state index contributed by atoms with van der Waals surface area (Å²) in [5, 5.41) is 3.25. The van der Waals surface area contributed by atoms with Gasteiger partial charge in [0.2, 0.25) is 0 Å². The Kier molecular flexibility index (Phi) is 4.76. The predicted octanol–water partition coefficient (Wildman–Crippen LogP) is 2.63. The molecule has 0 aliphatic carbocycles. The summed E-state index contributed by atoms with van der Waals surface area (Å²) < 4.78 is 0. The van der Waals surface area contributed by atoms with E-state index in [1.807, 2.05) is 23.1 Å². The van der Waals surface area contributed by atoms with Crippen LogP contribution in [0.2, 0.25) is 0 Å². The maximum atomic E-state index is 12.4. The molecule has 0 aromatic heterocycles. The van der Waals surface area contributed by atoms with Crippen LogP contribution in [0.5, 0.6) is 0 Å². The van der Waals surface area contributed by atoms with Crippen LogP contribution in [-0.2, 0) is 0 Å². The van der Waals surface area contributed by atoms with Crippen molar-refractivity contribution in [1.29, 1.82) is 0 Å². The lowest BCUT2D eigenvalue weighted by molar-refractivity contribution is 0.199. The number of hydrogen-bond donors (Lipinski definition) is 1. The molecule has 1 unspecified atom stereocenters. The lowest BCUT2D eigenvalue weighted by Gasteiger charge is -2.27. The fraction of sp³-hybridized carbons (Fsp3) is 0.588. The van der Waals surface area contributed by atoms with Gasteiger partial charge in [0.15, 0.2) is 0 Å². The van der Waals surface area contributed by atoms with Crippen LogP contribution in [-0.4, -0.2) is 48.6 Å². The number of carbonyl (C=O) groups is 1. The normalized spacial score (nSPS) is 20.7. The second-order valence-electron chi connectivity index (χ2n) is 6.11. The highest BCUT2D eigenvalue weighted by Gasteiger charge is 2.24. The minimum absolute atomic E-state index is 0.0948. The summed E-state index contributed by atoms with van der Waals surface area (Å²) in [4.78, 5) is 16.8. The lowest BCUT2D eigenvalue weighted by atomic mass is 10.1. The van der Waals surface area contributed by atoms with E-state index in [0.717, 1.165) is 45.6 Å². The molecule has 2 saturated heterocycles. The largest absolute Gasteiger partial charge is 0.330 e. The molecule has 2 amide bonds. The monoisotopic (exact) mass is 287 g/mol. The van der Waals surface area contributed by atoms with Gasteiger partial charge in [0.1, 0.15) is 0 Å². The Bertz CT molecular complexity index is 450. The van der Waals surface area contributed by atoms with E-state index in [9.17, 15) is 4.79 Å². The van der Waals surface area contributed by atoms with Crippen LogP contribution in [0.1, 0.15) is 37.3 Å². The molecule has 4 nitrogen and oxygen atoms in total. The molecular weight excluding hydrogens is 262 g/mol. The van der Waals surface area contributed by atoms with Gasteiger partial charge < -0.3 is 15.1 Å². The number of carbonyl (C=O) groups excluding carboxylic acids is 1. The van der Waals surface area contributed by atoms with Gasteiger partial charge in [0.05, 0.1) is 6.04 Å². The van der Waals surface area contributed by atoms with Gasteiger partial charge in [-0.1, -0.05) is 30.3 Å². The second kappa shape index (κ2) is 6.94. The first-order valence-electron chi connectivity index (χ1n) is 8.16. The minimum atomic E-state index is 0.0948. The zero-order valence-corrected chi connectivity index (χ0v) is 12.6. The van der Waals surface area contributed by atoms with Gasteiger partial charge in [-0.3, -0.25) is 0 Å². The molecule has 114 valence electrons. The van der Waals surface area contributed by atoms with Crippen molar-refractivity contribution in [2.45, 2.75) is 31.7 Å². The molecule has 1 atom stereocenters. The van der Waals surface area contributed by atoms with Gasteiger partial charge in [-0.05, 0) is 44.3 Å². The Morgan fingerprint density at radius 2 is 1.62 bits per heavy atom. The van der Waals surface area contributed by atoms with Gasteiger partial charge >= 0.3 is 6.03 Å². The number of amides is 2. The van der Waals surface area contributed by atoms with E-state index >= 15 is 0 Å². The van der Waals surface area contributed by atoms with Crippen molar-refractivity contribution in [1.82, 2.24) is 15.1 Å². The first-order chi connectivity index (χ1) is 10.3. The third-order valence-electron chi connectivity index (χ3n) is 4.53. The maximum Gasteiger partial charge on any atom is 0.317 e. The first kappa shape index (κ1) is 14.4. The van der Waals surface area contributed by atoms with Gasteiger partial charge in [-0.15, -0.1) is 0 Å². The summed E-state index contributed by atoms with van der Waals surface area (Å²) in [5.74, 6) is 0. The van der Waals surface area contributed by atoms with Gasteiger partial charge in [-0.25, -0.2) is 4.79 Å². The van der Waals surface area contributed by atoms with Crippen LogP contribution < -0.4 is 5.32 Å². The molecule has 0 spiro atoms. The minimum Gasteiger partial charge on any atom is -0.330 e. The molecule has 21 heavy (non-hydrogen) atoms. The third-order valence-corrected chi connectivity index (χ3v) is 4.53. The van der Waals surface area contributed by atoms with Crippen LogP contribution in [0.15, 0.2) is 30.3 Å². The van der Waals surface area contributed by atoms with Crippen LogP contribution in [0, 0.1) is 0 Å². The summed E-state index contributed by atoms with van der Waals surface area (Å²) in [6.07, 6.45) is 4.83. The smallest absolute Gasteiger partial charge is 0.317 e.